The predicted molar refractivity (Wildman–Crippen MR) is 109 cm³/mol. The van der Waals surface area contributed by atoms with E-state index in [1.807, 2.05) is 38.1 Å². The number of aromatic carboxylic acids is 1. The molecule has 0 atom stereocenters. The van der Waals surface area contributed by atoms with E-state index in [4.69, 9.17) is 0 Å². The van der Waals surface area contributed by atoms with E-state index in [-0.39, 0.29) is 23.4 Å². The molecule has 0 unspecified atom stereocenters. The molecular formula is C20H21N3O4S. The number of rotatable bonds is 7. The van der Waals surface area contributed by atoms with E-state index in [2.05, 4.69) is 10.3 Å². The van der Waals surface area contributed by atoms with Gasteiger partial charge in [0.05, 0.1) is 10.9 Å². The first kappa shape index (κ1) is 19.8. The third-order valence-electron chi connectivity index (χ3n) is 4.45. The van der Waals surface area contributed by atoms with Crippen molar-refractivity contribution >= 4 is 39.1 Å². The Morgan fingerprint density at radius 1 is 1.25 bits per heavy atom. The SMILES string of the molecule is CCCc1nc2scc(C(=O)O)c2c(=O)n1CC(=O)Nc1ccccc1CC. The normalized spacial score (nSPS) is 10.9. The summed E-state index contributed by atoms with van der Waals surface area (Å²) in [6.07, 6.45) is 2.03. The number of amides is 1. The standard InChI is InChI=1S/C20H21N3O4S/c1-3-7-15-22-18-17(13(11-28-18)20(26)27)19(25)23(15)10-16(24)21-14-9-6-5-8-12(14)4-2/h5-6,8-9,11H,3-4,7,10H2,1-2H3,(H,21,24)(H,26,27). The van der Waals surface area contributed by atoms with Gasteiger partial charge in [-0.15, -0.1) is 11.3 Å². The number of hydrogen-bond donors (Lipinski definition) is 2. The van der Waals surface area contributed by atoms with Gasteiger partial charge in [-0.25, -0.2) is 9.78 Å². The lowest BCUT2D eigenvalue weighted by molar-refractivity contribution is -0.116. The van der Waals surface area contributed by atoms with Gasteiger partial charge >= 0.3 is 5.97 Å². The summed E-state index contributed by atoms with van der Waals surface area (Å²) in [5.41, 5.74) is 1.13. The van der Waals surface area contributed by atoms with E-state index in [1.54, 1.807) is 0 Å². The Bertz CT molecular complexity index is 1100. The molecule has 3 aromatic rings. The van der Waals surface area contributed by atoms with Gasteiger partial charge in [0.15, 0.2) is 0 Å². The smallest absolute Gasteiger partial charge is 0.337 e. The molecule has 146 valence electrons. The number of carbonyl (C=O) groups is 2. The number of nitrogens with zero attached hydrogens (tertiary/aromatic N) is 2. The fourth-order valence-electron chi connectivity index (χ4n) is 3.09. The molecule has 0 aliphatic rings. The predicted octanol–water partition coefficient (Wildman–Crippen LogP) is 3.31. The van der Waals surface area contributed by atoms with E-state index >= 15 is 0 Å². The number of para-hydroxylation sites is 1. The second-order valence-electron chi connectivity index (χ2n) is 6.36. The molecule has 0 saturated heterocycles. The number of aryl methyl sites for hydroxylation is 2. The Labute approximate surface area is 165 Å². The highest BCUT2D eigenvalue weighted by Gasteiger charge is 2.20. The van der Waals surface area contributed by atoms with Crippen LogP contribution in [0.2, 0.25) is 0 Å². The third-order valence-corrected chi connectivity index (χ3v) is 5.32. The maximum atomic E-state index is 13.0. The molecule has 28 heavy (non-hydrogen) atoms. The molecule has 7 nitrogen and oxygen atoms in total. The minimum atomic E-state index is -1.18. The van der Waals surface area contributed by atoms with Crippen LogP contribution in [0, 0.1) is 0 Å². The molecule has 3 rings (SSSR count). The van der Waals surface area contributed by atoms with Crippen molar-refractivity contribution in [1.82, 2.24) is 9.55 Å². The van der Waals surface area contributed by atoms with Crippen LogP contribution in [0.15, 0.2) is 34.4 Å². The first-order valence-electron chi connectivity index (χ1n) is 9.08. The zero-order valence-electron chi connectivity index (χ0n) is 15.7. The highest BCUT2D eigenvalue weighted by Crippen LogP contribution is 2.22. The number of anilines is 1. The molecule has 1 amide bonds. The molecule has 0 bridgehead atoms. The second-order valence-corrected chi connectivity index (χ2v) is 7.22. The fraction of sp³-hybridized carbons (Fsp3) is 0.300. The lowest BCUT2D eigenvalue weighted by atomic mass is 10.1. The number of hydrogen-bond acceptors (Lipinski definition) is 5. The molecule has 0 aliphatic heterocycles. The Kier molecular flexibility index (Phi) is 5.89. The molecule has 0 fully saturated rings. The van der Waals surface area contributed by atoms with Crippen LogP contribution < -0.4 is 10.9 Å². The summed E-state index contributed by atoms with van der Waals surface area (Å²) in [5, 5.41) is 13.7. The number of carboxylic acids is 1. The van der Waals surface area contributed by atoms with Crippen LogP contribution in [0.3, 0.4) is 0 Å². The van der Waals surface area contributed by atoms with Gasteiger partial charge in [-0.3, -0.25) is 14.2 Å². The van der Waals surface area contributed by atoms with Crippen molar-refractivity contribution in [1.29, 1.82) is 0 Å². The Balaban J connectivity index is 2.01. The van der Waals surface area contributed by atoms with Gasteiger partial charge in [0.25, 0.3) is 5.56 Å². The van der Waals surface area contributed by atoms with Crippen LogP contribution >= 0.6 is 11.3 Å². The average Bonchev–Trinajstić information content (AvgIpc) is 3.10. The molecule has 0 saturated carbocycles. The number of carbonyl (C=O) groups excluding carboxylic acids is 1. The van der Waals surface area contributed by atoms with Crippen molar-refractivity contribution in [2.45, 2.75) is 39.7 Å². The zero-order valence-corrected chi connectivity index (χ0v) is 16.5. The summed E-state index contributed by atoms with van der Waals surface area (Å²) in [7, 11) is 0. The van der Waals surface area contributed by atoms with Gasteiger partial charge in [-0.1, -0.05) is 32.0 Å². The summed E-state index contributed by atoms with van der Waals surface area (Å²) in [6.45, 7) is 3.73. The van der Waals surface area contributed by atoms with Crippen molar-refractivity contribution < 1.29 is 14.7 Å². The lowest BCUT2D eigenvalue weighted by Gasteiger charge is -2.14. The van der Waals surface area contributed by atoms with Crippen molar-refractivity contribution in [2.24, 2.45) is 0 Å². The number of benzene rings is 1. The minimum Gasteiger partial charge on any atom is -0.478 e. The number of fused-ring (bicyclic) bond motifs is 1. The summed E-state index contributed by atoms with van der Waals surface area (Å²) in [6, 6.07) is 7.49. The average molecular weight is 399 g/mol. The van der Waals surface area contributed by atoms with Gasteiger partial charge in [0.1, 0.15) is 17.2 Å². The van der Waals surface area contributed by atoms with Crippen LogP contribution in [0.4, 0.5) is 5.69 Å². The molecule has 2 N–H and O–H groups in total. The lowest BCUT2D eigenvalue weighted by Crippen LogP contribution is -2.31. The summed E-state index contributed by atoms with van der Waals surface area (Å²) >= 11 is 1.13. The maximum Gasteiger partial charge on any atom is 0.337 e. The van der Waals surface area contributed by atoms with Crippen molar-refractivity contribution in [3.05, 3.63) is 57.0 Å². The van der Waals surface area contributed by atoms with E-state index in [9.17, 15) is 19.5 Å². The molecule has 1 aromatic carbocycles. The largest absolute Gasteiger partial charge is 0.478 e. The molecule has 8 heteroatoms. The fourth-order valence-corrected chi connectivity index (χ4v) is 4.01. The Morgan fingerprint density at radius 2 is 2.00 bits per heavy atom. The van der Waals surface area contributed by atoms with Gasteiger partial charge in [-0.2, -0.15) is 0 Å². The topological polar surface area (TPSA) is 101 Å². The van der Waals surface area contributed by atoms with Crippen LogP contribution in [-0.2, 0) is 24.2 Å². The van der Waals surface area contributed by atoms with Crippen molar-refractivity contribution in [2.75, 3.05) is 5.32 Å². The van der Waals surface area contributed by atoms with Gasteiger partial charge in [0, 0.05) is 17.5 Å². The van der Waals surface area contributed by atoms with E-state index < -0.39 is 11.5 Å². The second kappa shape index (κ2) is 8.35. The first-order chi connectivity index (χ1) is 13.5. The molecular weight excluding hydrogens is 378 g/mol. The minimum absolute atomic E-state index is 0.0547. The highest BCUT2D eigenvalue weighted by atomic mass is 32.1. The van der Waals surface area contributed by atoms with Crippen LogP contribution in [0.1, 0.15) is 42.0 Å². The van der Waals surface area contributed by atoms with Crippen molar-refractivity contribution in [3.63, 3.8) is 0 Å². The number of carboxylic acid groups (broad SMARTS) is 1. The third kappa shape index (κ3) is 3.82. The van der Waals surface area contributed by atoms with E-state index in [0.717, 1.165) is 29.7 Å². The molecule has 0 aliphatic carbocycles. The molecule has 2 heterocycles. The summed E-state index contributed by atoms with van der Waals surface area (Å²) in [4.78, 5) is 41.9. The van der Waals surface area contributed by atoms with Gasteiger partial charge in [-0.05, 0) is 24.5 Å². The summed E-state index contributed by atoms with van der Waals surface area (Å²) < 4.78 is 1.29. The van der Waals surface area contributed by atoms with Gasteiger partial charge < -0.3 is 10.4 Å². The van der Waals surface area contributed by atoms with E-state index in [0.29, 0.717) is 22.8 Å². The number of nitrogens with one attached hydrogen (secondary N) is 1. The molecule has 2 aromatic heterocycles. The molecule has 0 radical (unpaired) electrons. The first-order valence-corrected chi connectivity index (χ1v) is 9.96. The Morgan fingerprint density at radius 3 is 2.68 bits per heavy atom. The van der Waals surface area contributed by atoms with E-state index in [1.165, 1.54) is 9.95 Å². The van der Waals surface area contributed by atoms with Crippen LogP contribution in [-0.4, -0.2) is 26.5 Å². The monoisotopic (exact) mass is 399 g/mol. The van der Waals surface area contributed by atoms with Gasteiger partial charge in [0.2, 0.25) is 5.91 Å². The van der Waals surface area contributed by atoms with Crippen molar-refractivity contribution in [3.8, 4) is 0 Å². The highest BCUT2D eigenvalue weighted by molar-refractivity contribution is 7.17. The zero-order chi connectivity index (χ0) is 20.3. The molecule has 0 spiro atoms. The van der Waals surface area contributed by atoms with Crippen LogP contribution in [0.5, 0.6) is 0 Å². The maximum absolute atomic E-state index is 13.0. The Hall–Kier alpha value is -3.00. The summed E-state index contributed by atoms with van der Waals surface area (Å²) in [5.74, 6) is -1.05. The number of thiophene rings is 1. The number of aromatic nitrogens is 2. The van der Waals surface area contributed by atoms with Crippen LogP contribution in [0.25, 0.3) is 10.2 Å². The quantitative estimate of drug-likeness (QED) is 0.635.